The average Bonchev–Trinajstić information content (AvgIpc) is 2.73. The van der Waals surface area contributed by atoms with Crippen molar-refractivity contribution in [1.82, 2.24) is 9.38 Å². The van der Waals surface area contributed by atoms with E-state index in [9.17, 15) is 0 Å². The maximum absolute atomic E-state index is 5.85. The second-order valence-electron chi connectivity index (χ2n) is 4.63. The molecular formula is C15H15N3. The molecule has 0 spiro atoms. The van der Waals surface area contributed by atoms with Gasteiger partial charge in [-0.3, -0.25) is 0 Å². The molecule has 0 bridgehead atoms. The van der Waals surface area contributed by atoms with Crippen LogP contribution in [0.2, 0.25) is 0 Å². The lowest BCUT2D eigenvalue weighted by Crippen LogP contribution is -1.92. The van der Waals surface area contributed by atoms with Crippen molar-refractivity contribution in [3.63, 3.8) is 0 Å². The SMILES string of the molecule is Cc1ccccc1-c1cn2cc(N)cc(C)c2n1. The number of rotatable bonds is 1. The highest BCUT2D eigenvalue weighted by molar-refractivity contribution is 5.68. The first-order valence-electron chi connectivity index (χ1n) is 5.96. The van der Waals surface area contributed by atoms with Crippen molar-refractivity contribution >= 4 is 11.3 Å². The van der Waals surface area contributed by atoms with Gasteiger partial charge < -0.3 is 10.1 Å². The minimum atomic E-state index is 0.758. The zero-order chi connectivity index (χ0) is 12.7. The molecule has 0 aliphatic rings. The number of nitrogens with zero attached hydrogens (tertiary/aromatic N) is 2. The fraction of sp³-hybridized carbons (Fsp3) is 0.133. The molecule has 0 saturated heterocycles. The van der Waals surface area contributed by atoms with E-state index in [0.717, 1.165) is 22.6 Å². The third kappa shape index (κ3) is 1.64. The predicted molar refractivity (Wildman–Crippen MR) is 74.5 cm³/mol. The summed E-state index contributed by atoms with van der Waals surface area (Å²) in [4.78, 5) is 4.69. The highest BCUT2D eigenvalue weighted by Crippen LogP contribution is 2.24. The molecule has 0 aliphatic heterocycles. The van der Waals surface area contributed by atoms with E-state index in [1.165, 1.54) is 11.1 Å². The molecule has 0 unspecified atom stereocenters. The van der Waals surface area contributed by atoms with Crippen LogP contribution >= 0.6 is 0 Å². The number of pyridine rings is 1. The summed E-state index contributed by atoms with van der Waals surface area (Å²) in [5, 5.41) is 0. The van der Waals surface area contributed by atoms with Crippen LogP contribution in [-0.4, -0.2) is 9.38 Å². The summed E-state index contributed by atoms with van der Waals surface area (Å²) in [5.74, 6) is 0. The van der Waals surface area contributed by atoms with E-state index in [1.807, 2.05) is 41.9 Å². The Morgan fingerprint density at radius 2 is 1.83 bits per heavy atom. The van der Waals surface area contributed by atoms with Gasteiger partial charge in [0, 0.05) is 23.6 Å². The Morgan fingerprint density at radius 1 is 1.06 bits per heavy atom. The zero-order valence-electron chi connectivity index (χ0n) is 10.5. The summed E-state index contributed by atoms with van der Waals surface area (Å²) < 4.78 is 1.99. The Balaban J connectivity index is 2.26. The molecule has 90 valence electrons. The lowest BCUT2D eigenvalue weighted by Gasteiger charge is -1.99. The Morgan fingerprint density at radius 3 is 2.61 bits per heavy atom. The first-order valence-corrected chi connectivity index (χ1v) is 5.96. The summed E-state index contributed by atoms with van der Waals surface area (Å²) in [5.41, 5.74) is 12.0. The smallest absolute Gasteiger partial charge is 0.140 e. The van der Waals surface area contributed by atoms with E-state index >= 15 is 0 Å². The highest BCUT2D eigenvalue weighted by Gasteiger charge is 2.08. The van der Waals surface area contributed by atoms with Gasteiger partial charge in [0.15, 0.2) is 0 Å². The molecule has 3 aromatic rings. The van der Waals surface area contributed by atoms with Crippen molar-refractivity contribution < 1.29 is 0 Å². The summed E-state index contributed by atoms with van der Waals surface area (Å²) in [6.45, 7) is 4.13. The van der Waals surface area contributed by atoms with Crippen LogP contribution in [-0.2, 0) is 0 Å². The van der Waals surface area contributed by atoms with E-state index in [1.54, 1.807) is 0 Å². The third-order valence-electron chi connectivity index (χ3n) is 3.18. The number of nitrogen functional groups attached to an aromatic ring is 1. The average molecular weight is 237 g/mol. The van der Waals surface area contributed by atoms with Gasteiger partial charge in [0.25, 0.3) is 0 Å². The molecule has 3 rings (SSSR count). The van der Waals surface area contributed by atoms with Crippen LogP contribution in [0.25, 0.3) is 16.9 Å². The van der Waals surface area contributed by atoms with Crippen LogP contribution in [0.1, 0.15) is 11.1 Å². The third-order valence-corrected chi connectivity index (χ3v) is 3.18. The number of aryl methyl sites for hydroxylation is 2. The van der Waals surface area contributed by atoms with Crippen LogP contribution in [0.15, 0.2) is 42.7 Å². The number of imidazole rings is 1. The molecule has 0 amide bonds. The van der Waals surface area contributed by atoms with Crippen LogP contribution in [0.4, 0.5) is 5.69 Å². The number of nitrogens with two attached hydrogens (primary N) is 1. The normalized spacial score (nSPS) is 11.0. The second-order valence-corrected chi connectivity index (χ2v) is 4.63. The quantitative estimate of drug-likeness (QED) is 0.706. The monoisotopic (exact) mass is 237 g/mol. The molecular weight excluding hydrogens is 222 g/mol. The second kappa shape index (κ2) is 3.88. The molecule has 0 atom stereocenters. The van der Waals surface area contributed by atoms with E-state index < -0.39 is 0 Å². The van der Waals surface area contributed by atoms with Gasteiger partial charge >= 0.3 is 0 Å². The Hall–Kier alpha value is -2.29. The largest absolute Gasteiger partial charge is 0.398 e. The van der Waals surface area contributed by atoms with Gasteiger partial charge in [-0.15, -0.1) is 0 Å². The van der Waals surface area contributed by atoms with E-state index in [0.29, 0.717) is 0 Å². The number of fused-ring (bicyclic) bond motifs is 1. The topological polar surface area (TPSA) is 43.3 Å². The van der Waals surface area contributed by atoms with Crippen molar-refractivity contribution in [1.29, 1.82) is 0 Å². The van der Waals surface area contributed by atoms with E-state index in [-0.39, 0.29) is 0 Å². The molecule has 0 radical (unpaired) electrons. The molecule has 2 heterocycles. The van der Waals surface area contributed by atoms with Crippen molar-refractivity contribution in [2.24, 2.45) is 0 Å². The maximum atomic E-state index is 5.85. The van der Waals surface area contributed by atoms with Gasteiger partial charge in [0.2, 0.25) is 0 Å². The molecule has 18 heavy (non-hydrogen) atoms. The molecule has 0 aliphatic carbocycles. The Bertz CT molecular complexity index is 726. The predicted octanol–water partition coefficient (Wildman–Crippen LogP) is 3.20. The number of hydrogen-bond donors (Lipinski definition) is 1. The maximum Gasteiger partial charge on any atom is 0.140 e. The molecule has 3 nitrogen and oxygen atoms in total. The molecule has 2 N–H and O–H groups in total. The summed E-state index contributed by atoms with van der Waals surface area (Å²) in [6, 6.07) is 10.2. The zero-order valence-corrected chi connectivity index (χ0v) is 10.5. The first kappa shape index (κ1) is 10.8. The Kier molecular flexibility index (Phi) is 2.33. The van der Waals surface area contributed by atoms with Crippen molar-refractivity contribution in [2.45, 2.75) is 13.8 Å². The van der Waals surface area contributed by atoms with Gasteiger partial charge in [-0.1, -0.05) is 24.3 Å². The minimum absolute atomic E-state index is 0.758. The lowest BCUT2D eigenvalue weighted by atomic mass is 10.1. The van der Waals surface area contributed by atoms with Gasteiger partial charge in [-0.05, 0) is 31.0 Å². The number of anilines is 1. The van der Waals surface area contributed by atoms with Crippen molar-refractivity contribution in [3.05, 3.63) is 53.9 Å². The van der Waals surface area contributed by atoms with E-state index in [2.05, 4.69) is 19.1 Å². The molecule has 0 saturated carbocycles. The van der Waals surface area contributed by atoms with Gasteiger partial charge in [0.1, 0.15) is 5.65 Å². The van der Waals surface area contributed by atoms with Crippen LogP contribution in [0.5, 0.6) is 0 Å². The van der Waals surface area contributed by atoms with Crippen LogP contribution in [0.3, 0.4) is 0 Å². The van der Waals surface area contributed by atoms with Gasteiger partial charge in [0.05, 0.1) is 5.69 Å². The molecule has 3 heteroatoms. The lowest BCUT2D eigenvalue weighted by molar-refractivity contribution is 1.17. The molecule has 2 aromatic heterocycles. The van der Waals surface area contributed by atoms with E-state index in [4.69, 9.17) is 10.7 Å². The van der Waals surface area contributed by atoms with Gasteiger partial charge in [-0.25, -0.2) is 4.98 Å². The number of hydrogen-bond acceptors (Lipinski definition) is 2. The fourth-order valence-electron chi connectivity index (χ4n) is 2.29. The summed E-state index contributed by atoms with van der Waals surface area (Å²) in [7, 11) is 0. The molecule has 1 aromatic carbocycles. The van der Waals surface area contributed by atoms with Crippen LogP contribution < -0.4 is 5.73 Å². The van der Waals surface area contributed by atoms with Crippen molar-refractivity contribution in [3.8, 4) is 11.3 Å². The van der Waals surface area contributed by atoms with Crippen LogP contribution in [0, 0.1) is 13.8 Å². The standard InChI is InChI=1S/C15H15N3/c1-10-5-3-4-6-13(10)14-9-18-8-12(16)7-11(2)15(18)17-14/h3-9H,16H2,1-2H3. The van der Waals surface area contributed by atoms with Gasteiger partial charge in [-0.2, -0.15) is 0 Å². The molecule has 0 fully saturated rings. The fourth-order valence-corrected chi connectivity index (χ4v) is 2.29. The summed E-state index contributed by atoms with van der Waals surface area (Å²) >= 11 is 0. The Labute approximate surface area is 106 Å². The highest BCUT2D eigenvalue weighted by atomic mass is 15.0. The number of aromatic nitrogens is 2. The number of benzene rings is 1. The van der Waals surface area contributed by atoms with Crippen molar-refractivity contribution in [2.75, 3.05) is 5.73 Å². The first-order chi connectivity index (χ1) is 8.65. The minimum Gasteiger partial charge on any atom is -0.398 e. The summed E-state index contributed by atoms with van der Waals surface area (Å²) in [6.07, 6.45) is 3.93.